The Balaban J connectivity index is 2.48. The fourth-order valence-corrected chi connectivity index (χ4v) is 2.29. The number of carbonyl (C=O) groups is 2. The Morgan fingerprint density at radius 2 is 1.61 bits per heavy atom. The molecule has 0 spiro atoms. The first kappa shape index (κ1) is 15.0. The lowest BCUT2D eigenvalue weighted by Gasteiger charge is -2.19. The molecule has 0 aromatic carbocycles. The Bertz CT molecular complexity index is 292. The van der Waals surface area contributed by atoms with E-state index in [1.165, 1.54) is 17.7 Å². The highest BCUT2D eigenvalue weighted by atomic mass is 16.2. The molecule has 4 heteroatoms. The molecule has 0 bridgehead atoms. The third-order valence-electron chi connectivity index (χ3n) is 3.56. The largest absolute Gasteiger partial charge is 0.327 e. The summed E-state index contributed by atoms with van der Waals surface area (Å²) in [6.07, 6.45) is 6.42. The van der Waals surface area contributed by atoms with Crippen molar-refractivity contribution < 1.29 is 9.59 Å². The number of urea groups is 1. The summed E-state index contributed by atoms with van der Waals surface area (Å²) >= 11 is 0. The number of imide groups is 1. The summed E-state index contributed by atoms with van der Waals surface area (Å²) in [4.78, 5) is 27.3. The molecule has 0 aromatic heterocycles. The van der Waals surface area contributed by atoms with Crippen LogP contribution < -0.4 is 0 Å². The standard InChI is InChI=1S/C14H26N2O2/c1-4-6-8-9-11-15-12(3)13(17)16(14(15)18)10-7-5-2/h12H,4-11H2,1-3H3. The van der Waals surface area contributed by atoms with Crippen LogP contribution in [0.5, 0.6) is 0 Å². The smallest absolute Gasteiger partial charge is 0.313 e. The van der Waals surface area contributed by atoms with Gasteiger partial charge in [-0.2, -0.15) is 0 Å². The van der Waals surface area contributed by atoms with Crippen LogP contribution in [0.25, 0.3) is 0 Å². The van der Waals surface area contributed by atoms with Crippen LogP contribution in [0.2, 0.25) is 0 Å². The zero-order chi connectivity index (χ0) is 13.5. The van der Waals surface area contributed by atoms with Gasteiger partial charge in [0.05, 0.1) is 0 Å². The van der Waals surface area contributed by atoms with Crippen LogP contribution in [-0.4, -0.2) is 40.9 Å². The lowest BCUT2D eigenvalue weighted by molar-refractivity contribution is -0.127. The highest BCUT2D eigenvalue weighted by Crippen LogP contribution is 2.19. The fourth-order valence-electron chi connectivity index (χ4n) is 2.29. The van der Waals surface area contributed by atoms with Crippen molar-refractivity contribution in [2.24, 2.45) is 0 Å². The molecule has 1 heterocycles. The molecular formula is C14H26N2O2. The summed E-state index contributed by atoms with van der Waals surface area (Å²) in [5.41, 5.74) is 0. The maximum atomic E-state index is 12.1. The minimum atomic E-state index is -0.268. The molecule has 104 valence electrons. The van der Waals surface area contributed by atoms with Crippen LogP contribution in [0.4, 0.5) is 4.79 Å². The molecule has 0 aliphatic carbocycles. The monoisotopic (exact) mass is 254 g/mol. The molecule has 1 atom stereocenters. The third kappa shape index (κ3) is 3.47. The highest BCUT2D eigenvalue weighted by Gasteiger charge is 2.41. The van der Waals surface area contributed by atoms with Crippen molar-refractivity contribution in [3.8, 4) is 0 Å². The summed E-state index contributed by atoms with van der Waals surface area (Å²) in [5, 5.41) is 0. The molecule has 0 N–H and O–H groups in total. The summed E-state index contributed by atoms with van der Waals surface area (Å²) in [6, 6.07) is -0.353. The minimum absolute atomic E-state index is 0.0241. The molecule has 1 rings (SSSR count). The number of rotatable bonds is 8. The lowest BCUT2D eigenvalue weighted by Crippen LogP contribution is -2.35. The Morgan fingerprint density at radius 1 is 0.944 bits per heavy atom. The Hall–Kier alpha value is -1.06. The van der Waals surface area contributed by atoms with Gasteiger partial charge in [-0.05, 0) is 19.8 Å². The van der Waals surface area contributed by atoms with Gasteiger partial charge in [-0.15, -0.1) is 0 Å². The first-order valence-electron chi connectivity index (χ1n) is 7.25. The second-order valence-corrected chi connectivity index (χ2v) is 5.06. The van der Waals surface area contributed by atoms with Crippen LogP contribution in [0.1, 0.15) is 59.3 Å². The predicted octanol–water partition coefficient (Wildman–Crippen LogP) is 3.02. The van der Waals surface area contributed by atoms with Gasteiger partial charge in [-0.1, -0.05) is 39.5 Å². The van der Waals surface area contributed by atoms with Gasteiger partial charge < -0.3 is 4.90 Å². The number of carbonyl (C=O) groups excluding carboxylic acids is 2. The van der Waals surface area contributed by atoms with Gasteiger partial charge in [0.25, 0.3) is 5.91 Å². The SMILES string of the molecule is CCCCCCN1C(=O)N(CCCC)C(=O)C1C. The van der Waals surface area contributed by atoms with Crippen molar-refractivity contribution in [2.45, 2.75) is 65.3 Å². The number of nitrogens with zero attached hydrogens (tertiary/aromatic N) is 2. The number of amides is 3. The van der Waals surface area contributed by atoms with Crippen molar-refractivity contribution in [1.29, 1.82) is 0 Å². The van der Waals surface area contributed by atoms with Crippen LogP contribution in [-0.2, 0) is 4.79 Å². The van der Waals surface area contributed by atoms with Crippen LogP contribution in [0, 0.1) is 0 Å². The Kier molecular flexibility index (Phi) is 6.16. The van der Waals surface area contributed by atoms with E-state index in [9.17, 15) is 9.59 Å². The highest BCUT2D eigenvalue weighted by molar-refractivity contribution is 6.03. The second-order valence-electron chi connectivity index (χ2n) is 5.06. The van der Waals surface area contributed by atoms with E-state index in [1.807, 2.05) is 6.92 Å². The van der Waals surface area contributed by atoms with E-state index >= 15 is 0 Å². The Labute approximate surface area is 110 Å². The van der Waals surface area contributed by atoms with E-state index in [1.54, 1.807) is 4.90 Å². The van der Waals surface area contributed by atoms with Gasteiger partial charge in [-0.3, -0.25) is 9.69 Å². The lowest BCUT2D eigenvalue weighted by atomic mass is 10.2. The quantitative estimate of drug-likeness (QED) is 0.493. The topological polar surface area (TPSA) is 40.6 Å². The summed E-state index contributed by atoms with van der Waals surface area (Å²) < 4.78 is 0. The van der Waals surface area contributed by atoms with Crippen molar-refractivity contribution in [2.75, 3.05) is 13.1 Å². The van der Waals surface area contributed by atoms with Crippen molar-refractivity contribution in [3.63, 3.8) is 0 Å². The van der Waals surface area contributed by atoms with E-state index in [4.69, 9.17) is 0 Å². The molecule has 0 radical (unpaired) electrons. The average Bonchev–Trinajstić information content (AvgIpc) is 2.56. The molecule has 4 nitrogen and oxygen atoms in total. The second kappa shape index (κ2) is 7.39. The summed E-state index contributed by atoms with van der Waals surface area (Å²) in [7, 11) is 0. The van der Waals surface area contributed by atoms with E-state index in [2.05, 4.69) is 13.8 Å². The van der Waals surface area contributed by atoms with E-state index in [-0.39, 0.29) is 18.0 Å². The molecule has 1 unspecified atom stereocenters. The van der Waals surface area contributed by atoms with Crippen molar-refractivity contribution in [1.82, 2.24) is 9.80 Å². The van der Waals surface area contributed by atoms with E-state index in [0.717, 1.165) is 25.7 Å². The zero-order valence-electron chi connectivity index (χ0n) is 11.9. The number of hydrogen-bond donors (Lipinski definition) is 0. The van der Waals surface area contributed by atoms with E-state index in [0.29, 0.717) is 13.1 Å². The first-order chi connectivity index (χ1) is 8.63. The normalized spacial score (nSPS) is 20.1. The fraction of sp³-hybridized carbons (Fsp3) is 0.857. The molecule has 18 heavy (non-hydrogen) atoms. The molecule has 1 fully saturated rings. The maximum Gasteiger partial charge on any atom is 0.327 e. The average molecular weight is 254 g/mol. The Morgan fingerprint density at radius 3 is 2.22 bits per heavy atom. The first-order valence-corrected chi connectivity index (χ1v) is 7.25. The third-order valence-corrected chi connectivity index (χ3v) is 3.56. The maximum absolute atomic E-state index is 12.1. The van der Waals surface area contributed by atoms with Gasteiger partial charge in [0, 0.05) is 13.1 Å². The molecule has 1 aliphatic heterocycles. The van der Waals surface area contributed by atoms with Crippen LogP contribution in [0.3, 0.4) is 0 Å². The molecule has 1 saturated heterocycles. The van der Waals surface area contributed by atoms with Crippen LogP contribution >= 0.6 is 0 Å². The van der Waals surface area contributed by atoms with Gasteiger partial charge >= 0.3 is 6.03 Å². The molecule has 0 aromatic rings. The summed E-state index contributed by atoms with van der Waals surface area (Å²) in [5.74, 6) is -0.0241. The zero-order valence-corrected chi connectivity index (χ0v) is 11.9. The van der Waals surface area contributed by atoms with Crippen molar-refractivity contribution in [3.05, 3.63) is 0 Å². The molecule has 0 saturated carbocycles. The van der Waals surface area contributed by atoms with Crippen LogP contribution in [0.15, 0.2) is 0 Å². The number of unbranched alkanes of at least 4 members (excludes halogenated alkanes) is 4. The molecule has 1 aliphatic rings. The predicted molar refractivity (Wildman–Crippen MR) is 72.3 cm³/mol. The van der Waals surface area contributed by atoms with Gasteiger partial charge in [0.2, 0.25) is 0 Å². The molecule has 3 amide bonds. The van der Waals surface area contributed by atoms with Crippen molar-refractivity contribution >= 4 is 11.9 Å². The number of hydrogen-bond acceptors (Lipinski definition) is 2. The van der Waals surface area contributed by atoms with Gasteiger partial charge in [0.15, 0.2) is 0 Å². The summed E-state index contributed by atoms with van der Waals surface area (Å²) in [6.45, 7) is 7.36. The molecular weight excluding hydrogens is 228 g/mol. The van der Waals surface area contributed by atoms with E-state index < -0.39 is 0 Å². The van der Waals surface area contributed by atoms with Gasteiger partial charge in [-0.25, -0.2) is 4.79 Å². The van der Waals surface area contributed by atoms with Gasteiger partial charge in [0.1, 0.15) is 6.04 Å². The minimum Gasteiger partial charge on any atom is -0.313 e.